The third-order valence-corrected chi connectivity index (χ3v) is 4.14. The Kier molecular flexibility index (Phi) is 4.42. The first-order chi connectivity index (χ1) is 8.58. The van der Waals surface area contributed by atoms with Gasteiger partial charge in [0.1, 0.15) is 11.9 Å². The standard InChI is InChI=1S/C12H12BrFN2OS/c1-16-12(10(13)6-15-16)11(17)7-18-9-4-2-3-8(14)5-9/h2-6,11,17H,7H2,1H3. The van der Waals surface area contributed by atoms with E-state index in [2.05, 4.69) is 21.0 Å². The number of hydrogen-bond acceptors (Lipinski definition) is 3. The molecule has 1 unspecified atom stereocenters. The van der Waals surface area contributed by atoms with Gasteiger partial charge >= 0.3 is 0 Å². The quantitative estimate of drug-likeness (QED) is 0.875. The second-order valence-corrected chi connectivity index (χ2v) is 5.73. The molecule has 6 heteroatoms. The molecule has 1 aromatic carbocycles. The van der Waals surface area contributed by atoms with Crippen molar-refractivity contribution in [3.05, 3.63) is 46.4 Å². The van der Waals surface area contributed by atoms with Gasteiger partial charge in [0.2, 0.25) is 0 Å². The Morgan fingerprint density at radius 3 is 2.94 bits per heavy atom. The van der Waals surface area contributed by atoms with Crippen LogP contribution in [0.4, 0.5) is 4.39 Å². The summed E-state index contributed by atoms with van der Waals surface area (Å²) in [5, 5.41) is 14.1. The third-order valence-electron chi connectivity index (χ3n) is 2.46. The second-order valence-electron chi connectivity index (χ2n) is 3.79. The largest absolute Gasteiger partial charge is 0.386 e. The highest BCUT2D eigenvalue weighted by Gasteiger charge is 2.16. The topological polar surface area (TPSA) is 38.0 Å². The molecule has 0 bridgehead atoms. The highest BCUT2D eigenvalue weighted by molar-refractivity contribution is 9.10. The van der Waals surface area contributed by atoms with Crippen molar-refractivity contribution in [3.63, 3.8) is 0 Å². The molecular formula is C12H12BrFN2OS. The van der Waals surface area contributed by atoms with Crippen molar-refractivity contribution in [1.29, 1.82) is 0 Å². The molecular weight excluding hydrogens is 319 g/mol. The molecule has 0 aliphatic heterocycles. The van der Waals surface area contributed by atoms with E-state index in [0.717, 1.165) is 15.1 Å². The highest BCUT2D eigenvalue weighted by atomic mass is 79.9. The van der Waals surface area contributed by atoms with Crippen molar-refractivity contribution in [3.8, 4) is 0 Å². The minimum absolute atomic E-state index is 0.267. The first kappa shape index (κ1) is 13.6. The summed E-state index contributed by atoms with van der Waals surface area (Å²) in [7, 11) is 1.77. The van der Waals surface area contributed by atoms with Crippen LogP contribution in [0.15, 0.2) is 39.8 Å². The van der Waals surface area contributed by atoms with E-state index in [1.54, 1.807) is 24.0 Å². The summed E-state index contributed by atoms with van der Waals surface area (Å²) in [6.45, 7) is 0. The van der Waals surface area contributed by atoms with Crippen LogP contribution in [0, 0.1) is 5.82 Å². The van der Waals surface area contributed by atoms with Crippen LogP contribution < -0.4 is 0 Å². The lowest BCUT2D eigenvalue weighted by Gasteiger charge is -2.11. The molecule has 0 aliphatic rings. The molecule has 0 amide bonds. The molecule has 0 radical (unpaired) electrons. The van der Waals surface area contributed by atoms with E-state index in [9.17, 15) is 9.50 Å². The molecule has 18 heavy (non-hydrogen) atoms. The van der Waals surface area contributed by atoms with Crippen LogP contribution in [0.2, 0.25) is 0 Å². The maximum atomic E-state index is 13.0. The second kappa shape index (κ2) is 5.86. The fraction of sp³-hybridized carbons (Fsp3) is 0.250. The van der Waals surface area contributed by atoms with E-state index in [0.29, 0.717) is 5.75 Å². The van der Waals surface area contributed by atoms with Gasteiger partial charge in [-0.1, -0.05) is 6.07 Å². The Morgan fingerprint density at radius 1 is 1.56 bits per heavy atom. The SMILES string of the molecule is Cn1ncc(Br)c1C(O)CSc1cccc(F)c1. The molecule has 0 saturated carbocycles. The fourth-order valence-electron chi connectivity index (χ4n) is 1.61. The molecule has 0 spiro atoms. The maximum absolute atomic E-state index is 13.0. The summed E-state index contributed by atoms with van der Waals surface area (Å²) in [6.07, 6.45) is 0.992. The molecule has 1 aromatic heterocycles. The summed E-state index contributed by atoms with van der Waals surface area (Å²) in [5.74, 6) is 0.179. The lowest BCUT2D eigenvalue weighted by molar-refractivity contribution is 0.193. The summed E-state index contributed by atoms with van der Waals surface area (Å²) in [5.41, 5.74) is 0.721. The van der Waals surface area contributed by atoms with E-state index >= 15 is 0 Å². The van der Waals surface area contributed by atoms with Gasteiger partial charge in [0, 0.05) is 17.7 Å². The van der Waals surface area contributed by atoms with Gasteiger partial charge in [-0.3, -0.25) is 4.68 Å². The van der Waals surface area contributed by atoms with E-state index in [4.69, 9.17) is 0 Å². The monoisotopic (exact) mass is 330 g/mol. The lowest BCUT2D eigenvalue weighted by atomic mass is 10.3. The maximum Gasteiger partial charge on any atom is 0.124 e. The zero-order chi connectivity index (χ0) is 13.1. The number of nitrogens with zero attached hydrogens (tertiary/aromatic N) is 2. The molecule has 0 fully saturated rings. The van der Waals surface area contributed by atoms with E-state index in [-0.39, 0.29) is 5.82 Å². The summed E-state index contributed by atoms with van der Waals surface area (Å²) >= 11 is 4.75. The summed E-state index contributed by atoms with van der Waals surface area (Å²) < 4.78 is 15.4. The van der Waals surface area contributed by atoms with Gasteiger partial charge in [0.05, 0.1) is 16.4 Å². The number of hydrogen-bond donors (Lipinski definition) is 1. The first-order valence-corrected chi connectivity index (χ1v) is 7.09. The highest BCUT2D eigenvalue weighted by Crippen LogP contribution is 2.28. The Bertz CT molecular complexity index is 527. The van der Waals surface area contributed by atoms with Crippen LogP contribution in [-0.4, -0.2) is 20.6 Å². The van der Waals surface area contributed by atoms with Crippen LogP contribution in [0.3, 0.4) is 0 Å². The molecule has 1 atom stereocenters. The van der Waals surface area contributed by atoms with Crippen LogP contribution >= 0.6 is 27.7 Å². The van der Waals surface area contributed by atoms with Gasteiger partial charge in [-0.2, -0.15) is 5.10 Å². The van der Waals surface area contributed by atoms with Gasteiger partial charge in [-0.05, 0) is 34.1 Å². The number of thioether (sulfide) groups is 1. The Morgan fingerprint density at radius 2 is 2.33 bits per heavy atom. The number of aryl methyl sites for hydroxylation is 1. The molecule has 0 saturated heterocycles. The summed E-state index contributed by atoms with van der Waals surface area (Å²) in [4.78, 5) is 0.798. The number of rotatable bonds is 4. The van der Waals surface area contributed by atoms with Gasteiger partial charge in [-0.25, -0.2) is 4.39 Å². The van der Waals surface area contributed by atoms with Gasteiger partial charge < -0.3 is 5.11 Å². The Labute approximate surface area is 117 Å². The van der Waals surface area contributed by atoms with E-state index < -0.39 is 6.10 Å². The molecule has 2 aromatic rings. The number of aliphatic hydroxyl groups is 1. The Hall–Kier alpha value is -0.850. The molecule has 0 aliphatic carbocycles. The molecule has 2 rings (SSSR count). The molecule has 1 N–H and O–H groups in total. The summed E-state index contributed by atoms with van der Waals surface area (Å²) in [6, 6.07) is 6.33. The predicted molar refractivity (Wildman–Crippen MR) is 73.0 cm³/mol. The van der Waals surface area contributed by atoms with Crippen molar-refractivity contribution >= 4 is 27.7 Å². The van der Waals surface area contributed by atoms with Gasteiger partial charge in [-0.15, -0.1) is 11.8 Å². The van der Waals surface area contributed by atoms with Gasteiger partial charge in [0.15, 0.2) is 0 Å². The lowest BCUT2D eigenvalue weighted by Crippen LogP contribution is -2.08. The number of aliphatic hydroxyl groups excluding tert-OH is 1. The van der Waals surface area contributed by atoms with Crippen LogP contribution in [0.5, 0.6) is 0 Å². The van der Waals surface area contributed by atoms with Crippen molar-refractivity contribution in [2.45, 2.75) is 11.0 Å². The minimum Gasteiger partial charge on any atom is -0.386 e. The van der Waals surface area contributed by atoms with Gasteiger partial charge in [0.25, 0.3) is 0 Å². The van der Waals surface area contributed by atoms with Crippen molar-refractivity contribution < 1.29 is 9.50 Å². The normalized spacial score (nSPS) is 12.7. The van der Waals surface area contributed by atoms with Crippen molar-refractivity contribution in [2.24, 2.45) is 7.05 Å². The smallest absolute Gasteiger partial charge is 0.124 e. The van der Waals surface area contributed by atoms with Crippen LogP contribution in [0.25, 0.3) is 0 Å². The minimum atomic E-state index is -0.653. The van der Waals surface area contributed by atoms with Crippen LogP contribution in [-0.2, 0) is 7.05 Å². The van der Waals surface area contributed by atoms with Crippen molar-refractivity contribution in [2.75, 3.05) is 5.75 Å². The van der Waals surface area contributed by atoms with Crippen molar-refractivity contribution in [1.82, 2.24) is 9.78 Å². The first-order valence-electron chi connectivity index (χ1n) is 5.31. The van der Waals surface area contributed by atoms with E-state index in [1.807, 2.05) is 6.07 Å². The number of aromatic nitrogens is 2. The zero-order valence-electron chi connectivity index (χ0n) is 9.68. The molecule has 96 valence electrons. The van der Waals surface area contributed by atoms with E-state index in [1.165, 1.54) is 23.9 Å². The number of halogens is 2. The molecule has 3 nitrogen and oxygen atoms in total. The zero-order valence-corrected chi connectivity index (χ0v) is 12.1. The third kappa shape index (κ3) is 3.13. The average Bonchev–Trinajstić information content (AvgIpc) is 2.66. The molecule has 1 heterocycles. The Balaban J connectivity index is 2.03. The number of benzene rings is 1. The predicted octanol–water partition coefficient (Wildman–Crippen LogP) is 3.15. The average molecular weight is 331 g/mol. The van der Waals surface area contributed by atoms with Crippen LogP contribution in [0.1, 0.15) is 11.8 Å². The fourth-order valence-corrected chi connectivity index (χ4v) is 3.10.